The molecule has 108 valence electrons. The Hall–Kier alpha value is -2.42. The highest BCUT2D eigenvalue weighted by molar-refractivity contribution is 5.73. The standard InChI is InChI=1S/C9H9N3O.C2HF3O2/c10-5-7-3-1-2-4-8(7)9-12-11-6-13-9;3-2(4,5)1(6)7/h1-4,6H,5,10H2;(H,6,7). The number of alkyl halides is 3. The van der Waals surface area contributed by atoms with Crippen molar-refractivity contribution in [1.82, 2.24) is 10.2 Å². The summed E-state index contributed by atoms with van der Waals surface area (Å²) in [6.45, 7) is 0.471. The average Bonchev–Trinajstić information content (AvgIpc) is 2.92. The second-order valence-electron chi connectivity index (χ2n) is 3.41. The van der Waals surface area contributed by atoms with E-state index in [4.69, 9.17) is 20.1 Å². The molecule has 1 aromatic heterocycles. The second-order valence-corrected chi connectivity index (χ2v) is 3.41. The fourth-order valence-electron chi connectivity index (χ4n) is 1.20. The highest BCUT2D eigenvalue weighted by Gasteiger charge is 2.38. The molecular formula is C11H10F3N3O3. The number of hydrogen-bond acceptors (Lipinski definition) is 5. The summed E-state index contributed by atoms with van der Waals surface area (Å²) >= 11 is 0. The van der Waals surface area contributed by atoms with E-state index in [-0.39, 0.29) is 0 Å². The molecule has 6 nitrogen and oxygen atoms in total. The maximum Gasteiger partial charge on any atom is 0.490 e. The monoisotopic (exact) mass is 289 g/mol. The number of aliphatic carboxylic acids is 1. The third-order valence-corrected chi connectivity index (χ3v) is 2.07. The van der Waals surface area contributed by atoms with E-state index in [1.54, 1.807) is 0 Å². The maximum absolute atomic E-state index is 10.6. The smallest absolute Gasteiger partial charge is 0.475 e. The van der Waals surface area contributed by atoms with E-state index in [2.05, 4.69) is 10.2 Å². The first kappa shape index (κ1) is 15.6. The van der Waals surface area contributed by atoms with Crippen molar-refractivity contribution < 1.29 is 27.5 Å². The Kier molecular flexibility index (Phi) is 5.21. The number of rotatable bonds is 2. The van der Waals surface area contributed by atoms with Gasteiger partial charge in [0.2, 0.25) is 12.3 Å². The Morgan fingerprint density at radius 3 is 2.40 bits per heavy atom. The molecule has 0 aliphatic carbocycles. The lowest BCUT2D eigenvalue weighted by Gasteiger charge is -2.01. The summed E-state index contributed by atoms with van der Waals surface area (Å²) in [5, 5.41) is 14.6. The summed E-state index contributed by atoms with van der Waals surface area (Å²) in [6.07, 6.45) is -3.78. The van der Waals surface area contributed by atoms with Gasteiger partial charge in [-0.1, -0.05) is 18.2 Å². The summed E-state index contributed by atoms with van der Waals surface area (Å²) in [7, 11) is 0. The molecule has 0 saturated carbocycles. The molecule has 0 aliphatic heterocycles. The molecule has 2 aromatic rings. The molecule has 1 aromatic carbocycles. The Morgan fingerprint density at radius 2 is 1.95 bits per heavy atom. The van der Waals surface area contributed by atoms with Crippen molar-refractivity contribution in [1.29, 1.82) is 0 Å². The molecule has 0 spiro atoms. The van der Waals surface area contributed by atoms with Crippen molar-refractivity contribution in [3.05, 3.63) is 36.2 Å². The van der Waals surface area contributed by atoms with Gasteiger partial charge in [0.15, 0.2) is 0 Å². The van der Waals surface area contributed by atoms with Crippen LogP contribution in [-0.4, -0.2) is 27.4 Å². The highest BCUT2D eigenvalue weighted by atomic mass is 19.4. The normalized spacial score (nSPS) is 10.6. The summed E-state index contributed by atoms with van der Waals surface area (Å²) in [6, 6.07) is 7.70. The predicted molar refractivity (Wildman–Crippen MR) is 61.3 cm³/mol. The van der Waals surface area contributed by atoms with Gasteiger partial charge in [-0.05, 0) is 11.6 Å². The number of hydrogen-bond donors (Lipinski definition) is 2. The minimum Gasteiger partial charge on any atom is -0.475 e. The van der Waals surface area contributed by atoms with E-state index in [1.807, 2.05) is 24.3 Å². The Morgan fingerprint density at radius 1 is 1.35 bits per heavy atom. The van der Waals surface area contributed by atoms with Crippen LogP contribution in [-0.2, 0) is 11.3 Å². The van der Waals surface area contributed by atoms with Gasteiger partial charge in [0.25, 0.3) is 0 Å². The van der Waals surface area contributed by atoms with E-state index in [9.17, 15) is 13.2 Å². The first-order valence-electron chi connectivity index (χ1n) is 5.21. The molecule has 0 saturated heterocycles. The van der Waals surface area contributed by atoms with Crippen LogP contribution in [0.2, 0.25) is 0 Å². The van der Waals surface area contributed by atoms with Crippen LogP contribution in [0.1, 0.15) is 5.56 Å². The first-order chi connectivity index (χ1) is 9.36. The lowest BCUT2D eigenvalue weighted by Crippen LogP contribution is -2.21. The SMILES string of the molecule is NCc1ccccc1-c1nnco1.O=C(O)C(F)(F)F. The molecule has 0 radical (unpaired) electrons. The number of halogens is 3. The summed E-state index contributed by atoms with van der Waals surface area (Å²) in [5.41, 5.74) is 7.48. The fraction of sp³-hybridized carbons (Fsp3) is 0.182. The van der Waals surface area contributed by atoms with Crippen molar-refractivity contribution in [3.63, 3.8) is 0 Å². The van der Waals surface area contributed by atoms with Gasteiger partial charge in [-0.3, -0.25) is 0 Å². The molecule has 20 heavy (non-hydrogen) atoms. The number of carboxylic acid groups (broad SMARTS) is 1. The average molecular weight is 289 g/mol. The fourth-order valence-corrected chi connectivity index (χ4v) is 1.20. The zero-order valence-electron chi connectivity index (χ0n) is 9.96. The molecule has 0 fully saturated rings. The van der Waals surface area contributed by atoms with Crippen LogP contribution in [0, 0.1) is 0 Å². The zero-order chi connectivity index (χ0) is 15.2. The number of carboxylic acids is 1. The molecule has 3 N–H and O–H groups in total. The van der Waals surface area contributed by atoms with Gasteiger partial charge >= 0.3 is 12.1 Å². The van der Waals surface area contributed by atoms with Crippen LogP contribution >= 0.6 is 0 Å². The number of carbonyl (C=O) groups is 1. The minimum atomic E-state index is -5.08. The number of aromatic nitrogens is 2. The second kappa shape index (κ2) is 6.66. The summed E-state index contributed by atoms with van der Waals surface area (Å²) < 4.78 is 36.8. The maximum atomic E-state index is 10.6. The van der Waals surface area contributed by atoms with Crippen LogP contribution < -0.4 is 5.73 Å². The van der Waals surface area contributed by atoms with E-state index in [0.29, 0.717) is 12.4 Å². The molecule has 0 atom stereocenters. The zero-order valence-corrected chi connectivity index (χ0v) is 9.96. The topological polar surface area (TPSA) is 102 Å². The van der Waals surface area contributed by atoms with Crippen molar-refractivity contribution in [3.8, 4) is 11.5 Å². The van der Waals surface area contributed by atoms with Crippen molar-refractivity contribution in [2.24, 2.45) is 5.73 Å². The van der Waals surface area contributed by atoms with E-state index in [1.165, 1.54) is 6.39 Å². The number of nitrogens with two attached hydrogens (primary N) is 1. The lowest BCUT2D eigenvalue weighted by molar-refractivity contribution is -0.192. The molecule has 0 bridgehead atoms. The Bertz CT molecular complexity index is 556. The van der Waals surface area contributed by atoms with Gasteiger partial charge in [0, 0.05) is 12.1 Å². The van der Waals surface area contributed by atoms with Gasteiger partial charge in [-0.2, -0.15) is 13.2 Å². The lowest BCUT2D eigenvalue weighted by atomic mass is 10.1. The summed E-state index contributed by atoms with van der Waals surface area (Å²) in [5.74, 6) is -2.24. The van der Waals surface area contributed by atoms with E-state index < -0.39 is 12.1 Å². The van der Waals surface area contributed by atoms with Crippen LogP contribution in [0.5, 0.6) is 0 Å². The van der Waals surface area contributed by atoms with Gasteiger partial charge in [-0.15, -0.1) is 10.2 Å². The minimum absolute atomic E-state index is 0.471. The Balaban J connectivity index is 0.000000246. The molecule has 0 unspecified atom stereocenters. The van der Waals surface area contributed by atoms with Crippen LogP contribution in [0.4, 0.5) is 13.2 Å². The van der Waals surface area contributed by atoms with E-state index in [0.717, 1.165) is 11.1 Å². The highest BCUT2D eigenvalue weighted by Crippen LogP contribution is 2.20. The van der Waals surface area contributed by atoms with Gasteiger partial charge in [-0.25, -0.2) is 4.79 Å². The Labute approximate surface area is 111 Å². The third kappa shape index (κ3) is 4.35. The molecule has 0 amide bonds. The molecule has 1 heterocycles. The van der Waals surface area contributed by atoms with Gasteiger partial charge in [0.1, 0.15) is 0 Å². The van der Waals surface area contributed by atoms with Crippen molar-refractivity contribution in [2.75, 3.05) is 0 Å². The largest absolute Gasteiger partial charge is 0.490 e. The van der Waals surface area contributed by atoms with Crippen molar-refractivity contribution in [2.45, 2.75) is 12.7 Å². The molecular weight excluding hydrogens is 279 g/mol. The number of nitrogens with zero attached hydrogens (tertiary/aromatic N) is 2. The van der Waals surface area contributed by atoms with Crippen LogP contribution in [0.15, 0.2) is 35.1 Å². The van der Waals surface area contributed by atoms with Gasteiger partial charge in [0.05, 0.1) is 0 Å². The van der Waals surface area contributed by atoms with E-state index >= 15 is 0 Å². The predicted octanol–water partition coefficient (Wildman–Crippen LogP) is 1.83. The van der Waals surface area contributed by atoms with Crippen LogP contribution in [0.3, 0.4) is 0 Å². The molecule has 9 heteroatoms. The van der Waals surface area contributed by atoms with Crippen molar-refractivity contribution >= 4 is 5.97 Å². The van der Waals surface area contributed by atoms with Gasteiger partial charge < -0.3 is 15.3 Å². The quantitative estimate of drug-likeness (QED) is 0.874. The molecule has 2 rings (SSSR count). The first-order valence-corrected chi connectivity index (χ1v) is 5.21. The third-order valence-electron chi connectivity index (χ3n) is 2.07. The number of benzene rings is 1. The summed E-state index contributed by atoms with van der Waals surface area (Å²) in [4.78, 5) is 8.90. The van der Waals surface area contributed by atoms with Crippen LogP contribution in [0.25, 0.3) is 11.5 Å². The molecule has 0 aliphatic rings.